The van der Waals surface area contributed by atoms with Crippen LogP contribution < -0.4 is 21.9 Å². The van der Waals surface area contributed by atoms with Crippen LogP contribution in [-0.4, -0.2) is 46.7 Å². The summed E-state index contributed by atoms with van der Waals surface area (Å²) in [6, 6.07) is 14.5. The number of anilines is 2. The first-order valence-electron chi connectivity index (χ1n) is 11.4. The van der Waals surface area contributed by atoms with Crippen molar-refractivity contribution in [2.75, 3.05) is 24.2 Å². The molecule has 1 saturated carbocycles. The van der Waals surface area contributed by atoms with E-state index in [-0.39, 0.29) is 16.9 Å². The van der Waals surface area contributed by atoms with E-state index in [1.54, 1.807) is 36.4 Å². The fourth-order valence-corrected chi connectivity index (χ4v) is 4.33. The average molecular weight is 540 g/mol. The molecule has 0 spiro atoms. The zero-order valence-corrected chi connectivity index (χ0v) is 20.8. The highest BCUT2D eigenvalue weighted by Crippen LogP contribution is 2.49. The maximum absolute atomic E-state index is 14.9. The van der Waals surface area contributed by atoms with Crippen LogP contribution in [0.3, 0.4) is 0 Å². The third-order valence-corrected chi connectivity index (χ3v) is 6.35. The van der Waals surface area contributed by atoms with Crippen molar-refractivity contribution in [2.45, 2.75) is 0 Å². The summed E-state index contributed by atoms with van der Waals surface area (Å²) in [6.07, 6.45) is 1.47. The summed E-state index contributed by atoms with van der Waals surface area (Å²) >= 11 is 5.87. The fourth-order valence-electron chi connectivity index (χ4n) is 4.21. The second-order valence-corrected chi connectivity index (χ2v) is 9.23. The minimum Gasteiger partial charge on any atom is -0.368 e. The number of benzene rings is 2. The SMILES string of the molecule is CN(CC(N)=O)C(=O)C1C(C(=O)Nc2ccc(Cl)cc2)C1C(=O)Nc1ccc(-n2ccccc2=O)cc1F. The summed E-state index contributed by atoms with van der Waals surface area (Å²) < 4.78 is 16.1. The largest absolute Gasteiger partial charge is 0.368 e. The molecule has 4 rings (SSSR count). The van der Waals surface area contributed by atoms with E-state index in [0.717, 1.165) is 11.0 Å². The van der Waals surface area contributed by atoms with Gasteiger partial charge in [-0.1, -0.05) is 17.7 Å². The number of likely N-dealkylation sites (N-methyl/N-ethyl adjacent to an activating group) is 1. The van der Waals surface area contributed by atoms with Gasteiger partial charge in [-0.3, -0.25) is 28.5 Å². The fraction of sp³-hybridized carbons (Fsp3) is 0.192. The minimum atomic E-state index is -1.12. The lowest BCUT2D eigenvalue weighted by Gasteiger charge is -2.15. The Bertz CT molecular complexity index is 1480. The molecule has 196 valence electrons. The molecule has 1 aliphatic rings. The Morgan fingerprint density at radius 2 is 1.63 bits per heavy atom. The quantitative estimate of drug-likeness (QED) is 0.401. The van der Waals surface area contributed by atoms with Crippen molar-refractivity contribution in [3.63, 3.8) is 0 Å². The van der Waals surface area contributed by atoms with Crippen LogP contribution in [-0.2, 0) is 19.2 Å². The molecular weight excluding hydrogens is 517 g/mol. The number of nitrogens with two attached hydrogens (primary N) is 1. The Kier molecular flexibility index (Phi) is 7.58. The van der Waals surface area contributed by atoms with Gasteiger partial charge in [-0.25, -0.2) is 4.39 Å². The maximum Gasteiger partial charge on any atom is 0.255 e. The van der Waals surface area contributed by atoms with E-state index in [2.05, 4.69) is 10.6 Å². The van der Waals surface area contributed by atoms with Crippen LogP contribution in [0.25, 0.3) is 5.69 Å². The molecule has 3 atom stereocenters. The molecule has 0 radical (unpaired) electrons. The van der Waals surface area contributed by atoms with Gasteiger partial charge in [-0.2, -0.15) is 0 Å². The number of pyridine rings is 1. The number of carbonyl (C=O) groups excluding carboxylic acids is 4. The van der Waals surface area contributed by atoms with Gasteiger partial charge in [-0.15, -0.1) is 0 Å². The minimum absolute atomic E-state index is 0.192. The van der Waals surface area contributed by atoms with E-state index in [9.17, 15) is 28.4 Å². The van der Waals surface area contributed by atoms with Crippen LogP contribution in [0.5, 0.6) is 0 Å². The number of amides is 4. The molecule has 0 bridgehead atoms. The van der Waals surface area contributed by atoms with E-state index >= 15 is 0 Å². The zero-order chi connectivity index (χ0) is 27.6. The highest BCUT2D eigenvalue weighted by molar-refractivity contribution is 6.30. The Balaban J connectivity index is 1.54. The van der Waals surface area contributed by atoms with E-state index in [1.807, 2.05) is 0 Å². The van der Waals surface area contributed by atoms with Gasteiger partial charge in [0.05, 0.1) is 35.7 Å². The number of aromatic nitrogens is 1. The van der Waals surface area contributed by atoms with Crippen LogP contribution in [0.1, 0.15) is 0 Å². The number of hydrogen-bond donors (Lipinski definition) is 3. The monoisotopic (exact) mass is 539 g/mol. The van der Waals surface area contributed by atoms with Crippen molar-refractivity contribution in [3.05, 3.63) is 88.1 Å². The van der Waals surface area contributed by atoms with Crippen LogP contribution >= 0.6 is 11.6 Å². The second-order valence-electron chi connectivity index (χ2n) is 8.80. The summed E-state index contributed by atoms with van der Waals surface area (Å²) in [5, 5.41) is 5.52. The number of hydrogen-bond acceptors (Lipinski definition) is 5. The molecule has 38 heavy (non-hydrogen) atoms. The lowest BCUT2D eigenvalue weighted by Crippen LogP contribution is -2.37. The van der Waals surface area contributed by atoms with Gasteiger partial charge in [0.25, 0.3) is 5.56 Å². The van der Waals surface area contributed by atoms with Crippen molar-refractivity contribution in [2.24, 2.45) is 23.5 Å². The third-order valence-electron chi connectivity index (χ3n) is 6.10. The number of nitrogens with zero attached hydrogens (tertiary/aromatic N) is 2. The van der Waals surface area contributed by atoms with Crippen LogP contribution in [0, 0.1) is 23.6 Å². The predicted molar refractivity (Wildman–Crippen MR) is 138 cm³/mol. The van der Waals surface area contributed by atoms with Crippen molar-refractivity contribution >= 4 is 46.6 Å². The van der Waals surface area contributed by atoms with Gasteiger partial charge >= 0.3 is 0 Å². The molecule has 1 fully saturated rings. The number of halogens is 2. The van der Waals surface area contributed by atoms with Crippen molar-refractivity contribution in [3.8, 4) is 5.69 Å². The number of rotatable bonds is 8. The Hall–Kier alpha value is -4.51. The van der Waals surface area contributed by atoms with Crippen molar-refractivity contribution in [1.82, 2.24) is 9.47 Å². The molecule has 4 N–H and O–H groups in total. The smallest absolute Gasteiger partial charge is 0.255 e. The molecule has 0 saturated heterocycles. The summed E-state index contributed by atoms with van der Waals surface area (Å²) in [5.41, 5.74) is 5.27. The zero-order valence-electron chi connectivity index (χ0n) is 20.1. The summed E-state index contributed by atoms with van der Waals surface area (Å²) in [5.74, 6) is -6.84. The standard InChI is InChI=1S/C26H23ClFN5O5/c1-32(13-19(29)34)26(38)23-21(24(36)30-15-7-5-14(27)6-8-15)22(23)25(37)31-18-10-9-16(12-17(18)28)33-11-3-2-4-20(33)35/h2-12,21-23H,13H2,1H3,(H2,29,34)(H,30,36)(H,31,37). The molecule has 0 aliphatic heterocycles. The molecule has 2 aromatic carbocycles. The van der Waals surface area contributed by atoms with Crippen molar-refractivity contribution in [1.29, 1.82) is 0 Å². The summed E-state index contributed by atoms with van der Waals surface area (Å²) in [7, 11) is 1.33. The lowest BCUT2D eigenvalue weighted by molar-refractivity contribution is -0.136. The Labute approximate surface area is 221 Å². The van der Waals surface area contributed by atoms with Crippen molar-refractivity contribution < 1.29 is 23.6 Å². The number of primary amides is 1. The number of carbonyl (C=O) groups is 4. The summed E-state index contributed by atoms with van der Waals surface area (Å²) in [4.78, 5) is 63.4. The molecule has 1 aromatic heterocycles. The second kappa shape index (κ2) is 10.9. The van der Waals surface area contributed by atoms with E-state index in [1.165, 1.54) is 36.0 Å². The topological polar surface area (TPSA) is 144 Å². The number of nitrogens with one attached hydrogen (secondary N) is 2. The van der Waals surface area contributed by atoms with Crippen LogP contribution in [0.2, 0.25) is 5.02 Å². The van der Waals surface area contributed by atoms with Gasteiger partial charge < -0.3 is 21.3 Å². The van der Waals surface area contributed by atoms with Gasteiger partial charge in [0.15, 0.2) is 0 Å². The van der Waals surface area contributed by atoms with Gasteiger partial charge in [-0.05, 0) is 42.5 Å². The maximum atomic E-state index is 14.9. The molecule has 3 unspecified atom stereocenters. The normalized spacial score (nSPS) is 17.8. The molecule has 4 amide bonds. The third kappa shape index (κ3) is 5.73. The molecular formula is C26H23ClFN5O5. The molecule has 1 heterocycles. The van der Waals surface area contributed by atoms with E-state index < -0.39 is 53.7 Å². The van der Waals surface area contributed by atoms with Gasteiger partial charge in [0.2, 0.25) is 23.6 Å². The summed E-state index contributed by atoms with van der Waals surface area (Å²) in [6.45, 7) is -0.399. The molecule has 3 aromatic rings. The highest BCUT2D eigenvalue weighted by Gasteiger charge is 2.63. The first-order chi connectivity index (χ1) is 18.1. The van der Waals surface area contributed by atoms with E-state index in [0.29, 0.717) is 10.7 Å². The first kappa shape index (κ1) is 26.6. The Morgan fingerprint density at radius 3 is 2.24 bits per heavy atom. The predicted octanol–water partition coefficient (Wildman–Crippen LogP) is 2.01. The molecule has 10 nitrogen and oxygen atoms in total. The van der Waals surface area contributed by atoms with Gasteiger partial charge in [0, 0.05) is 36.1 Å². The molecule has 12 heteroatoms. The van der Waals surface area contributed by atoms with E-state index in [4.69, 9.17) is 17.3 Å². The average Bonchev–Trinajstić information content (AvgIpc) is 3.62. The first-order valence-corrected chi connectivity index (χ1v) is 11.8. The lowest BCUT2D eigenvalue weighted by atomic mass is 10.2. The van der Waals surface area contributed by atoms with Crippen LogP contribution in [0.4, 0.5) is 15.8 Å². The van der Waals surface area contributed by atoms with Gasteiger partial charge in [0.1, 0.15) is 5.82 Å². The van der Waals surface area contributed by atoms with Crippen LogP contribution in [0.15, 0.2) is 71.7 Å². The Morgan fingerprint density at radius 1 is 0.974 bits per heavy atom. The molecule has 1 aliphatic carbocycles. The highest BCUT2D eigenvalue weighted by atomic mass is 35.5.